The van der Waals surface area contributed by atoms with E-state index in [1.54, 1.807) is 10.5 Å². The Kier molecular flexibility index (Phi) is 4.63. The Balaban J connectivity index is 1.64. The highest BCUT2D eigenvalue weighted by Crippen LogP contribution is 2.19. The first-order chi connectivity index (χ1) is 11.0. The fraction of sp³-hybridized carbons (Fsp3) is 0.353. The molecule has 5 nitrogen and oxygen atoms in total. The number of pyridine rings is 1. The number of aromatic nitrogens is 1. The van der Waals surface area contributed by atoms with Crippen molar-refractivity contribution in [2.24, 2.45) is 0 Å². The standard InChI is InChI=1S/C17H21N3O2S/c1-15-13-17(7-8-18-15)19-9-11-20(12-10-19)23(21,22)14-16-5-3-2-4-6-16/h2-8,13H,9-12,14H2,1H3. The van der Waals surface area contributed by atoms with Crippen LogP contribution in [0.4, 0.5) is 5.69 Å². The zero-order chi connectivity index (χ0) is 16.3. The maximum absolute atomic E-state index is 12.5. The van der Waals surface area contributed by atoms with Gasteiger partial charge >= 0.3 is 0 Å². The first-order valence-electron chi connectivity index (χ1n) is 7.74. The minimum atomic E-state index is -3.26. The van der Waals surface area contributed by atoms with Crippen LogP contribution < -0.4 is 4.90 Å². The van der Waals surface area contributed by atoms with E-state index < -0.39 is 10.0 Å². The smallest absolute Gasteiger partial charge is 0.218 e. The molecule has 3 rings (SSSR count). The van der Waals surface area contributed by atoms with Crippen LogP contribution in [0, 0.1) is 6.92 Å². The number of nitrogens with zero attached hydrogens (tertiary/aromatic N) is 3. The lowest BCUT2D eigenvalue weighted by Gasteiger charge is -2.35. The van der Waals surface area contributed by atoms with E-state index in [1.807, 2.05) is 49.4 Å². The molecule has 0 saturated carbocycles. The number of benzene rings is 1. The Morgan fingerprint density at radius 1 is 1.04 bits per heavy atom. The van der Waals surface area contributed by atoms with Gasteiger partial charge in [0.15, 0.2) is 0 Å². The number of piperazine rings is 1. The van der Waals surface area contributed by atoms with Crippen molar-refractivity contribution in [2.75, 3.05) is 31.1 Å². The fourth-order valence-electron chi connectivity index (χ4n) is 2.83. The van der Waals surface area contributed by atoms with Gasteiger partial charge in [-0.05, 0) is 24.6 Å². The predicted octanol–water partition coefficient (Wildman–Crippen LogP) is 2.04. The van der Waals surface area contributed by atoms with Crippen molar-refractivity contribution in [1.82, 2.24) is 9.29 Å². The minimum Gasteiger partial charge on any atom is -0.369 e. The molecule has 0 spiro atoms. The van der Waals surface area contributed by atoms with E-state index >= 15 is 0 Å². The third-order valence-corrected chi connectivity index (χ3v) is 5.92. The molecule has 1 aliphatic heterocycles. The Labute approximate surface area is 137 Å². The second-order valence-corrected chi connectivity index (χ2v) is 7.75. The molecule has 0 amide bonds. The summed E-state index contributed by atoms with van der Waals surface area (Å²) in [6.45, 7) is 4.42. The summed E-state index contributed by atoms with van der Waals surface area (Å²) in [6.07, 6.45) is 1.79. The van der Waals surface area contributed by atoms with Gasteiger partial charge in [-0.15, -0.1) is 0 Å². The lowest BCUT2D eigenvalue weighted by atomic mass is 10.2. The molecule has 0 unspecified atom stereocenters. The fourth-order valence-corrected chi connectivity index (χ4v) is 4.34. The number of rotatable bonds is 4. The topological polar surface area (TPSA) is 53.5 Å². The number of sulfonamides is 1. The summed E-state index contributed by atoms with van der Waals surface area (Å²) >= 11 is 0. The van der Waals surface area contributed by atoms with Gasteiger partial charge in [0.05, 0.1) is 5.75 Å². The Bertz CT molecular complexity index is 754. The lowest BCUT2D eigenvalue weighted by molar-refractivity contribution is 0.384. The van der Waals surface area contributed by atoms with Crippen molar-refractivity contribution < 1.29 is 8.42 Å². The van der Waals surface area contributed by atoms with Crippen LogP contribution in [0.2, 0.25) is 0 Å². The van der Waals surface area contributed by atoms with Gasteiger partial charge in [0.2, 0.25) is 10.0 Å². The molecule has 1 saturated heterocycles. The molecule has 0 N–H and O–H groups in total. The molecular formula is C17H21N3O2S. The van der Waals surface area contributed by atoms with Gasteiger partial charge in [0.25, 0.3) is 0 Å². The number of anilines is 1. The highest BCUT2D eigenvalue weighted by Gasteiger charge is 2.27. The van der Waals surface area contributed by atoms with Crippen LogP contribution in [0.5, 0.6) is 0 Å². The van der Waals surface area contributed by atoms with Crippen molar-refractivity contribution in [2.45, 2.75) is 12.7 Å². The number of hydrogen-bond donors (Lipinski definition) is 0. The second-order valence-electron chi connectivity index (χ2n) is 5.78. The van der Waals surface area contributed by atoms with Crippen molar-refractivity contribution in [3.8, 4) is 0 Å². The van der Waals surface area contributed by atoms with Crippen LogP contribution in [-0.4, -0.2) is 43.9 Å². The van der Waals surface area contributed by atoms with Crippen molar-refractivity contribution in [1.29, 1.82) is 0 Å². The summed E-state index contributed by atoms with van der Waals surface area (Å²) in [5.74, 6) is 0.0716. The Hall–Kier alpha value is -1.92. The summed E-state index contributed by atoms with van der Waals surface area (Å²) in [7, 11) is -3.26. The molecule has 1 aromatic heterocycles. The molecule has 1 aromatic carbocycles. The quantitative estimate of drug-likeness (QED) is 0.860. The molecular weight excluding hydrogens is 310 g/mol. The van der Waals surface area contributed by atoms with Gasteiger partial charge in [-0.25, -0.2) is 8.42 Å². The predicted molar refractivity (Wildman–Crippen MR) is 91.8 cm³/mol. The van der Waals surface area contributed by atoms with Gasteiger partial charge in [0, 0.05) is 43.8 Å². The zero-order valence-corrected chi connectivity index (χ0v) is 14.0. The molecule has 6 heteroatoms. The molecule has 23 heavy (non-hydrogen) atoms. The normalized spacial score (nSPS) is 16.5. The van der Waals surface area contributed by atoms with Gasteiger partial charge in [-0.1, -0.05) is 30.3 Å². The summed E-state index contributed by atoms with van der Waals surface area (Å²) in [6, 6.07) is 13.4. The second kappa shape index (κ2) is 6.68. The molecule has 0 radical (unpaired) electrons. The van der Waals surface area contributed by atoms with Crippen LogP contribution in [0.25, 0.3) is 0 Å². The average molecular weight is 331 g/mol. The lowest BCUT2D eigenvalue weighted by Crippen LogP contribution is -2.49. The van der Waals surface area contributed by atoms with Gasteiger partial charge < -0.3 is 4.90 Å². The van der Waals surface area contributed by atoms with Crippen LogP contribution in [0.1, 0.15) is 11.3 Å². The molecule has 122 valence electrons. The van der Waals surface area contributed by atoms with E-state index in [4.69, 9.17) is 0 Å². The SMILES string of the molecule is Cc1cc(N2CCN(S(=O)(=O)Cc3ccccc3)CC2)ccn1. The summed E-state index contributed by atoms with van der Waals surface area (Å²) in [5.41, 5.74) is 2.92. The van der Waals surface area contributed by atoms with Crippen molar-refractivity contribution in [3.05, 3.63) is 59.9 Å². The first-order valence-corrected chi connectivity index (χ1v) is 9.35. The van der Waals surface area contributed by atoms with Gasteiger partial charge in [0.1, 0.15) is 0 Å². The third kappa shape index (κ3) is 3.89. The summed E-state index contributed by atoms with van der Waals surface area (Å²) in [5, 5.41) is 0. The maximum atomic E-state index is 12.5. The van der Waals surface area contributed by atoms with E-state index in [-0.39, 0.29) is 5.75 Å². The largest absolute Gasteiger partial charge is 0.369 e. The number of aryl methyl sites for hydroxylation is 1. The molecule has 1 fully saturated rings. The van der Waals surface area contributed by atoms with Crippen LogP contribution >= 0.6 is 0 Å². The van der Waals surface area contributed by atoms with E-state index in [1.165, 1.54) is 0 Å². The molecule has 2 aromatic rings. The first kappa shape index (κ1) is 16.0. The molecule has 2 heterocycles. The summed E-state index contributed by atoms with van der Waals surface area (Å²) < 4.78 is 26.7. The van der Waals surface area contributed by atoms with E-state index in [2.05, 4.69) is 9.88 Å². The van der Waals surface area contributed by atoms with Crippen molar-refractivity contribution >= 4 is 15.7 Å². The highest BCUT2D eigenvalue weighted by molar-refractivity contribution is 7.88. The highest BCUT2D eigenvalue weighted by atomic mass is 32.2. The average Bonchev–Trinajstić information content (AvgIpc) is 2.55. The monoisotopic (exact) mass is 331 g/mol. The third-order valence-electron chi connectivity index (χ3n) is 4.07. The van der Waals surface area contributed by atoms with Crippen molar-refractivity contribution in [3.63, 3.8) is 0 Å². The van der Waals surface area contributed by atoms with Crippen LogP contribution in [0.3, 0.4) is 0 Å². The molecule has 1 aliphatic rings. The Morgan fingerprint density at radius 2 is 1.74 bits per heavy atom. The molecule has 0 aliphatic carbocycles. The van der Waals surface area contributed by atoms with Crippen LogP contribution in [0.15, 0.2) is 48.7 Å². The zero-order valence-electron chi connectivity index (χ0n) is 13.2. The molecule has 0 bridgehead atoms. The summed E-state index contributed by atoms with van der Waals surface area (Å²) in [4.78, 5) is 6.41. The minimum absolute atomic E-state index is 0.0716. The maximum Gasteiger partial charge on any atom is 0.218 e. The van der Waals surface area contributed by atoms with E-state index in [0.717, 1.165) is 16.9 Å². The Morgan fingerprint density at radius 3 is 2.39 bits per heavy atom. The molecule has 0 atom stereocenters. The van der Waals surface area contributed by atoms with Gasteiger partial charge in [-0.2, -0.15) is 4.31 Å². The van der Waals surface area contributed by atoms with E-state index in [9.17, 15) is 8.42 Å². The van der Waals surface area contributed by atoms with Crippen LogP contribution in [-0.2, 0) is 15.8 Å². The van der Waals surface area contributed by atoms with Gasteiger partial charge in [-0.3, -0.25) is 4.98 Å². The van der Waals surface area contributed by atoms with E-state index in [0.29, 0.717) is 26.2 Å². The number of hydrogen-bond acceptors (Lipinski definition) is 4.